The van der Waals surface area contributed by atoms with Crippen LogP contribution >= 0.6 is 0 Å². The van der Waals surface area contributed by atoms with Crippen LogP contribution in [0.25, 0.3) is 0 Å². The predicted molar refractivity (Wildman–Crippen MR) is 99.9 cm³/mol. The summed E-state index contributed by atoms with van der Waals surface area (Å²) in [5, 5.41) is 0. The molecule has 1 aliphatic heterocycles. The van der Waals surface area contributed by atoms with Crippen molar-refractivity contribution in [3.63, 3.8) is 0 Å². The summed E-state index contributed by atoms with van der Waals surface area (Å²) in [4.78, 5) is 2.64. The van der Waals surface area contributed by atoms with E-state index in [-0.39, 0.29) is 0 Å². The molecule has 1 heterocycles. The molecule has 1 atom stereocenters. The van der Waals surface area contributed by atoms with Crippen molar-refractivity contribution in [3.8, 4) is 0 Å². The lowest BCUT2D eigenvalue weighted by molar-refractivity contribution is 0.178. The fraction of sp³-hybridized carbons (Fsp3) is 0.217. The standard InChI is InChI=1S/C23H23N/c1-3-9-19(10-4-1)17-23(21-12-5-2-6-13-21)24-16-15-20-11-7-8-14-22(20)18-24/h1-14,23H,15-18H2. The van der Waals surface area contributed by atoms with Crippen molar-refractivity contribution in [2.45, 2.75) is 25.4 Å². The van der Waals surface area contributed by atoms with E-state index in [9.17, 15) is 0 Å². The second-order valence-corrected chi connectivity index (χ2v) is 6.61. The molecule has 1 heteroatoms. The van der Waals surface area contributed by atoms with Crippen LogP contribution in [0.1, 0.15) is 28.3 Å². The molecule has 1 unspecified atom stereocenters. The number of rotatable bonds is 4. The van der Waals surface area contributed by atoms with E-state index in [1.807, 2.05) is 0 Å². The van der Waals surface area contributed by atoms with Crippen LogP contribution < -0.4 is 0 Å². The zero-order valence-electron chi connectivity index (χ0n) is 13.9. The predicted octanol–water partition coefficient (Wildman–Crippen LogP) is 5.03. The van der Waals surface area contributed by atoms with Crippen LogP contribution in [0.2, 0.25) is 0 Å². The Morgan fingerprint density at radius 2 is 1.33 bits per heavy atom. The average molecular weight is 313 g/mol. The number of nitrogens with zero attached hydrogens (tertiary/aromatic N) is 1. The second kappa shape index (κ2) is 7.02. The fourth-order valence-electron chi connectivity index (χ4n) is 3.75. The fourth-order valence-corrected chi connectivity index (χ4v) is 3.75. The Balaban J connectivity index is 1.63. The van der Waals surface area contributed by atoms with Crippen molar-refractivity contribution in [1.29, 1.82) is 0 Å². The van der Waals surface area contributed by atoms with Gasteiger partial charge in [-0.3, -0.25) is 4.90 Å². The highest BCUT2D eigenvalue weighted by atomic mass is 15.2. The third-order valence-electron chi connectivity index (χ3n) is 5.06. The number of fused-ring (bicyclic) bond motifs is 1. The summed E-state index contributed by atoms with van der Waals surface area (Å²) < 4.78 is 0. The topological polar surface area (TPSA) is 3.24 Å². The number of benzene rings is 3. The highest BCUT2D eigenvalue weighted by Crippen LogP contribution is 2.30. The molecular weight excluding hydrogens is 290 g/mol. The average Bonchev–Trinajstić information content (AvgIpc) is 2.67. The highest BCUT2D eigenvalue weighted by molar-refractivity contribution is 5.31. The largest absolute Gasteiger partial charge is 0.291 e. The summed E-state index contributed by atoms with van der Waals surface area (Å²) in [6.07, 6.45) is 2.21. The lowest BCUT2D eigenvalue weighted by atomic mass is 9.93. The van der Waals surface area contributed by atoms with E-state index in [2.05, 4.69) is 89.8 Å². The molecule has 3 aromatic rings. The first kappa shape index (κ1) is 15.2. The Hall–Kier alpha value is -2.38. The van der Waals surface area contributed by atoms with Crippen LogP contribution in [-0.2, 0) is 19.4 Å². The summed E-state index contributed by atoms with van der Waals surface area (Å²) in [5.41, 5.74) is 5.82. The van der Waals surface area contributed by atoms with E-state index in [1.165, 1.54) is 22.3 Å². The van der Waals surface area contributed by atoms with Crippen LogP contribution in [0.5, 0.6) is 0 Å². The molecule has 0 aliphatic carbocycles. The summed E-state index contributed by atoms with van der Waals surface area (Å²) in [6, 6.07) is 31.2. The highest BCUT2D eigenvalue weighted by Gasteiger charge is 2.24. The Bertz CT molecular complexity index is 779. The van der Waals surface area contributed by atoms with Crippen LogP contribution in [0, 0.1) is 0 Å². The molecule has 0 aromatic heterocycles. The monoisotopic (exact) mass is 313 g/mol. The molecular formula is C23H23N. The summed E-state index contributed by atoms with van der Waals surface area (Å²) >= 11 is 0. The summed E-state index contributed by atoms with van der Waals surface area (Å²) in [6.45, 7) is 2.17. The van der Waals surface area contributed by atoms with Crippen LogP contribution in [0.15, 0.2) is 84.9 Å². The van der Waals surface area contributed by atoms with Gasteiger partial charge in [0.25, 0.3) is 0 Å². The SMILES string of the molecule is c1ccc(CC(c2ccccc2)N2CCc3ccccc3C2)cc1. The van der Waals surface area contributed by atoms with Crippen LogP contribution in [0.4, 0.5) is 0 Å². The molecule has 120 valence electrons. The van der Waals surface area contributed by atoms with Crippen LogP contribution in [-0.4, -0.2) is 11.4 Å². The van der Waals surface area contributed by atoms with Crippen molar-refractivity contribution < 1.29 is 0 Å². The van der Waals surface area contributed by atoms with E-state index < -0.39 is 0 Å². The molecule has 1 nitrogen and oxygen atoms in total. The van der Waals surface area contributed by atoms with Gasteiger partial charge in [-0.25, -0.2) is 0 Å². The first-order valence-electron chi connectivity index (χ1n) is 8.80. The third kappa shape index (κ3) is 3.27. The minimum atomic E-state index is 0.432. The maximum Gasteiger partial charge on any atom is 0.0392 e. The molecule has 3 aromatic carbocycles. The van der Waals surface area contributed by atoms with E-state index in [0.717, 1.165) is 25.9 Å². The van der Waals surface area contributed by atoms with Crippen LogP contribution in [0.3, 0.4) is 0 Å². The molecule has 0 bridgehead atoms. The number of hydrogen-bond donors (Lipinski definition) is 0. The van der Waals surface area contributed by atoms with Crippen molar-refractivity contribution >= 4 is 0 Å². The quantitative estimate of drug-likeness (QED) is 0.653. The summed E-state index contributed by atoms with van der Waals surface area (Å²) in [5.74, 6) is 0. The van der Waals surface area contributed by atoms with Gasteiger partial charge in [-0.05, 0) is 35.1 Å². The van der Waals surface area contributed by atoms with E-state index in [1.54, 1.807) is 0 Å². The zero-order chi connectivity index (χ0) is 16.2. The van der Waals surface area contributed by atoms with Gasteiger partial charge in [-0.2, -0.15) is 0 Å². The molecule has 0 radical (unpaired) electrons. The Kier molecular flexibility index (Phi) is 4.44. The third-order valence-corrected chi connectivity index (χ3v) is 5.06. The molecule has 0 saturated carbocycles. The minimum absolute atomic E-state index is 0.432. The lowest BCUT2D eigenvalue weighted by Gasteiger charge is -2.36. The summed E-state index contributed by atoms with van der Waals surface area (Å²) in [7, 11) is 0. The molecule has 1 aliphatic rings. The molecule has 4 rings (SSSR count). The molecule has 0 fully saturated rings. The zero-order valence-corrected chi connectivity index (χ0v) is 13.9. The van der Waals surface area contributed by atoms with Gasteiger partial charge in [-0.1, -0.05) is 84.9 Å². The molecule has 0 spiro atoms. The minimum Gasteiger partial charge on any atom is -0.291 e. The van der Waals surface area contributed by atoms with Crippen molar-refractivity contribution in [2.75, 3.05) is 6.54 Å². The van der Waals surface area contributed by atoms with Crippen molar-refractivity contribution in [2.24, 2.45) is 0 Å². The van der Waals surface area contributed by atoms with Gasteiger partial charge in [0, 0.05) is 19.1 Å². The number of hydrogen-bond acceptors (Lipinski definition) is 1. The Labute approximate surface area is 144 Å². The Morgan fingerprint density at radius 1 is 0.708 bits per heavy atom. The first-order chi connectivity index (χ1) is 11.9. The molecule has 24 heavy (non-hydrogen) atoms. The maximum atomic E-state index is 2.64. The normalized spacial score (nSPS) is 15.7. The van der Waals surface area contributed by atoms with Gasteiger partial charge in [0.15, 0.2) is 0 Å². The molecule has 0 saturated heterocycles. The molecule has 0 amide bonds. The smallest absolute Gasteiger partial charge is 0.0392 e. The second-order valence-electron chi connectivity index (χ2n) is 6.61. The van der Waals surface area contributed by atoms with E-state index in [4.69, 9.17) is 0 Å². The molecule has 0 N–H and O–H groups in total. The van der Waals surface area contributed by atoms with E-state index >= 15 is 0 Å². The van der Waals surface area contributed by atoms with Gasteiger partial charge >= 0.3 is 0 Å². The Morgan fingerprint density at radius 3 is 2.08 bits per heavy atom. The van der Waals surface area contributed by atoms with Gasteiger partial charge < -0.3 is 0 Å². The van der Waals surface area contributed by atoms with Gasteiger partial charge in [0.2, 0.25) is 0 Å². The van der Waals surface area contributed by atoms with Gasteiger partial charge in [0.1, 0.15) is 0 Å². The van der Waals surface area contributed by atoms with Crippen molar-refractivity contribution in [1.82, 2.24) is 4.90 Å². The van der Waals surface area contributed by atoms with Gasteiger partial charge in [-0.15, -0.1) is 0 Å². The van der Waals surface area contributed by atoms with Crippen molar-refractivity contribution in [3.05, 3.63) is 107 Å². The van der Waals surface area contributed by atoms with E-state index in [0.29, 0.717) is 6.04 Å². The first-order valence-corrected chi connectivity index (χ1v) is 8.80. The van der Waals surface area contributed by atoms with Gasteiger partial charge in [0.05, 0.1) is 0 Å². The lowest BCUT2D eigenvalue weighted by Crippen LogP contribution is -2.35. The maximum absolute atomic E-state index is 2.64.